The number of rotatable bonds is 4. The van der Waals surface area contributed by atoms with Crippen molar-refractivity contribution < 1.29 is 4.79 Å². The summed E-state index contributed by atoms with van der Waals surface area (Å²) in [6, 6.07) is -0.0134. The van der Waals surface area contributed by atoms with Crippen molar-refractivity contribution in [1.29, 1.82) is 0 Å². The lowest BCUT2D eigenvalue weighted by molar-refractivity contribution is -0.124. The van der Waals surface area contributed by atoms with Crippen molar-refractivity contribution in [2.75, 3.05) is 0 Å². The minimum Gasteiger partial charge on any atom is -0.352 e. The highest BCUT2D eigenvalue weighted by atomic mass is 16.2. The molecule has 0 aromatic carbocycles. The van der Waals surface area contributed by atoms with Gasteiger partial charge in [0.15, 0.2) is 0 Å². The molecule has 3 heteroatoms. The summed E-state index contributed by atoms with van der Waals surface area (Å²) < 4.78 is 0. The summed E-state index contributed by atoms with van der Waals surface area (Å²) >= 11 is 0. The molecule has 0 aliphatic heterocycles. The van der Waals surface area contributed by atoms with Crippen LogP contribution in [0.15, 0.2) is 0 Å². The van der Waals surface area contributed by atoms with Gasteiger partial charge in [0.2, 0.25) is 5.91 Å². The predicted molar refractivity (Wildman–Crippen MR) is 71.6 cm³/mol. The van der Waals surface area contributed by atoms with Gasteiger partial charge in [0, 0.05) is 6.04 Å². The maximum absolute atomic E-state index is 11.9. The van der Waals surface area contributed by atoms with Gasteiger partial charge in [-0.2, -0.15) is 0 Å². The second-order valence-electron chi connectivity index (χ2n) is 6.39. The van der Waals surface area contributed by atoms with Crippen LogP contribution in [0.1, 0.15) is 59.8 Å². The Morgan fingerprint density at radius 2 is 2.18 bits per heavy atom. The monoisotopic (exact) mass is 240 g/mol. The third-order valence-corrected chi connectivity index (χ3v) is 3.96. The zero-order chi connectivity index (χ0) is 13.1. The number of nitrogens with two attached hydrogens (primary N) is 1. The van der Waals surface area contributed by atoms with Crippen LogP contribution in [0.4, 0.5) is 0 Å². The Kier molecular flexibility index (Phi) is 4.99. The molecular weight excluding hydrogens is 212 g/mol. The van der Waals surface area contributed by atoms with E-state index in [1.54, 1.807) is 0 Å². The van der Waals surface area contributed by atoms with E-state index in [4.69, 9.17) is 5.73 Å². The molecule has 0 bridgehead atoms. The molecule has 1 amide bonds. The summed E-state index contributed by atoms with van der Waals surface area (Å²) in [6.45, 7) is 8.91. The van der Waals surface area contributed by atoms with Crippen molar-refractivity contribution in [2.45, 2.75) is 71.9 Å². The van der Waals surface area contributed by atoms with Gasteiger partial charge in [0.1, 0.15) is 0 Å². The Morgan fingerprint density at radius 3 is 2.71 bits per heavy atom. The summed E-state index contributed by atoms with van der Waals surface area (Å²) in [4.78, 5) is 11.9. The fraction of sp³-hybridized carbons (Fsp3) is 0.929. The number of nitrogens with one attached hydrogen (secondary N) is 1. The van der Waals surface area contributed by atoms with Gasteiger partial charge in [0.05, 0.1) is 6.04 Å². The van der Waals surface area contributed by atoms with Crippen LogP contribution in [0.25, 0.3) is 0 Å². The third-order valence-electron chi connectivity index (χ3n) is 3.96. The number of amides is 1. The lowest BCUT2D eigenvalue weighted by Crippen LogP contribution is -2.50. The second-order valence-corrected chi connectivity index (χ2v) is 6.39. The summed E-state index contributed by atoms with van der Waals surface area (Å²) in [5.74, 6) is 0.583. The Bertz CT molecular complexity index is 263. The molecule has 100 valence electrons. The molecule has 0 aromatic rings. The van der Waals surface area contributed by atoms with E-state index in [2.05, 4.69) is 33.0 Å². The van der Waals surface area contributed by atoms with Crippen LogP contribution in [-0.4, -0.2) is 18.0 Å². The van der Waals surface area contributed by atoms with Gasteiger partial charge in [-0.05, 0) is 37.0 Å². The first-order valence-electron chi connectivity index (χ1n) is 6.91. The highest BCUT2D eigenvalue weighted by Gasteiger charge is 2.33. The smallest absolute Gasteiger partial charge is 0.237 e. The molecular formula is C14H28N2O. The molecule has 0 aromatic heterocycles. The van der Waals surface area contributed by atoms with Crippen molar-refractivity contribution in [3.05, 3.63) is 0 Å². The van der Waals surface area contributed by atoms with Crippen molar-refractivity contribution in [3.8, 4) is 0 Å². The highest BCUT2D eigenvalue weighted by molar-refractivity contribution is 5.81. The Balaban J connectivity index is 2.45. The third kappa shape index (κ3) is 4.30. The minimum absolute atomic E-state index is 0.0309. The molecule has 0 saturated heterocycles. The lowest BCUT2D eigenvalue weighted by atomic mass is 9.70. The normalized spacial score (nSPS) is 29.7. The van der Waals surface area contributed by atoms with E-state index < -0.39 is 0 Å². The fourth-order valence-electron chi connectivity index (χ4n) is 2.89. The lowest BCUT2D eigenvalue weighted by Gasteiger charge is -2.39. The fourth-order valence-corrected chi connectivity index (χ4v) is 2.89. The number of hydrogen-bond acceptors (Lipinski definition) is 2. The molecule has 1 rings (SSSR count). The van der Waals surface area contributed by atoms with Crippen molar-refractivity contribution in [1.82, 2.24) is 5.32 Å². The van der Waals surface area contributed by atoms with E-state index in [0.29, 0.717) is 17.4 Å². The highest BCUT2D eigenvalue weighted by Crippen LogP contribution is 2.38. The van der Waals surface area contributed by atoms with Crippen LogP contribution in [0, 0.1) is 11.3 Å². The molecule has 0 unspecified atom stereocenters. The van der Waals surface area contributed by atoms with Gasteiger partial charge >= 0.3 is 0 Å². The Morgan fingerprint density at radius 1 is 1.53 bits per heavy atom. The van der Waals surface area contributed by atoms with E-state index in [-0.39, 0.29) is 11.9 Å². The van der Waals surface area contributed by atoms with Crippen molar-refractivity contribution in [3.63, 3.8) is 0 Å². The van der Waals surface area contributed by atoms with Gasteiger partial charge in [-0.15, -0.1) is 0 Å². The van der Waals surface area contributed by atoms with Crippen LogP contribution in [-0.2, 0) is 4.79 Å². The molecule has 0 radical (unpaired) electrons. The van der Waals surface area contributed by atoms with E-state index in [1.807, 2.05) is 0 Å². The molecule has 1 aliphatic carbocycles. The van der Waals surface area contributed by atoms with Gasteiger partial charge in [-0.1, -0.05) is 34.1 Å². The van der Waals surface area contributed by atoms with Gasteiger partial charge in [0.25, 0.3) is 0 Å². The molecule has 1 saturated carbocycles. The molecule has 3 N–H and O–H groups in total. The maximum Gasteiger partial charge on any atom is 0.237 e. The van der Waals surface area contributed by atoms with E-state index >= 15 is 0 Å². The van der Waals surface area contributed by atoms with Crippen molar-refractivity contribution in [2.24, 2.45) is 17.1 Å². The quantitative estimate of drug-likeness (QED) is 0.793. The van der Waals surface area contributed by atoms with E-state index in [1.165, 1.54) is 12.8 Å². The Hall–Kier alpha value is -0.570. The predicted octanol–water partition coefficient (Wildman–Crippen LogP) is 2.44. The van der Waals surface area contributed by atoms with Crippen LogP contribution < -0.4 is 11.1 Å². The zero-order valence-corrected chi connectivity index (χ0v) is 11.8. The largest absolute Gasteiger partial charge is 0.352 e. The standard InChI is InChI=1S/C14H28N2O/c1-5-6-11(15)13(17)16-12-7-8-14(3,4)9-10(12)2/h10-12H,5-9,15H2,1-4H3,(H,16,17)/t10-,11+,12-/m1/s1. The Labute approximate surface area is 106 Å². The van der Waals surface area contributed by atoms with Gasteiger partial charge < -0.3 is 11.1 Å². The van der Waals surface area contributed by atoms with Crippen LogP contribution in [0.5, 0.6) is 0 Å². The van der Waals surface area contributed by atoms with E-state index in [9.17, 15) is 4.79 Å². The molecule has 1 fully saturated rings. The first kappa shape index (κ1) is 14.5. The average Bonchev–Trinajstić information content (AvgIpc) is 2.21. The van der Waals surface area contributed by atoms with Crippen LogP contribution >= 0.6 is 0 Å². The average molecular weight is 240 g/mol. The number of hydrogen-bond donors (Lipinski definition) is 2. The SMILES string of the molecule is CCC[C@H](N)C(=O)N[C@@H]1CCC(C)(C)C[C@H]1C. The topological polar surface area (TPSA) is 55.1 Å². The molecule has 3 atom stereocenters. The number of carbonyl (C=O) groups excluding carboxylic acids is 1. The number of carbonyl (C=O) groups is 1. The van der Waals surface area contributed by atoms with Gasteiger partial charge in [-0.3, -0.25) is 4.79 Å². The summed E-state index contributed by atoms with van der Waals surface area (Å²) in [6.07, 6.45) is 5.19. The second kappa shape index (κ2) is 5.85. The van der Waals surface area contributed by atoms with Crippen molar-refractivity contribution >= 4 is 5.91 Å². The summed E-state index contributed by atoms with van der Waals surface area (Å²) in [5, 5.41) is 3.13. The zero-order valence-electron chi connectivity index (χ0n) is 11.8. The molecule has 0 heterocycles. The maximum atomic E-state index is 11.9. The first-order chi connectivity index (χ1) is 7.85. The first-order valence-corrected chi connectivity index (χ1v) is 6.91. The van der Waals surface area contributed by atoms with Crippen LogP contribution in [0.2, 0.25) is 0 Å². The minimum atomic E-state index is -0.331. The molecule has 0 spiro atoms. The molecule has 1 aliphatic rings. The molecule has 3 nitrogen and oxygen atoms in total. The van der Waals surface area contributed by atoms with E-state index in [0.717, 1.165) is 19.3 Å². The van der Waals surface area contributed by atoms with Gasteiger partial charge in [-0.25, -0.2) is 0 Å². The molecule has 17 heavy (non-hydrogen) atoms. The van der Waals surface area contributed by atoms with Crippen LogP contribution in [0.3, 0.4) is 0 Å². The summed E-state index contributed by atoms with van der Waals surface area (Å²) in [5.41, 5.74) is 6.25. The summed E-state index contributed by atoms with van der Waals surface area (Å²) in [7, 11) is 0.